The summed E-state index contributed by atoms with van der Waals surface area (Å²) in [5.74, 6) is -0.180. The van der Waals surface area contributed by atoms with E-state index in [1.54, 1.807) is 26.0 Å². The number of ketones is 2. The zero-order chi connectivity index (χ0) is 15.7. The summed E-state index contributed by atoms with van der Waals surface area (Å²) in [6.45, 7) is 3.19. The number of carbonyl (C=O) groups excluding carboxylic acids is 2. The van der Waals surface area contributed by atoms with Gasteiger partial charge in [-0.3, -0.25) is 9.59 Å². The fourth-order valence-corrected chi connectivity index (χ4v) is 1.64. The molecule has 0 spiro atoms. The molecule has 2 aromatic rings. The Kier molecular flexibility index (Phi) is 7.05. The van der Waals surface area contributed by atoms with Gasteiger partial charge in [-0.1, -0.05) is 67.6 Å². The standard InChI is InChI=1S/C10H12O2.C8H8O/c1-8(7-11)10(12)9-5-3-2-4-6-9;1-7(9)8-5-3-2-4-6-8/h2-6,8,11H,7H2,1H3;2-6H,1H3. The molecule has 0 aliphatic rings. The average Bonchev–Trinajstić information content (AvgIpc) is 2.55. The molecule has 0 aliphatic heterocycles. The molecule has 1 unspecified atom stereocenters. The Labute approximate surface area is 125 Å². The van der Waals surface area contributed by atoms with Crippen molar-refractivity contribution in [2.75, 3.05) is 6.61 Å². The summed E-state index contributed by atoms with van der Waals surface area (Å²) in [7, 11) is 0. The van der Waals surface area contributed by atoms with Crippen LogP contribution in [0.4, 0.5) is 0 Å². The van der Waals surface area contributed by atoms with Gasteiger partial charge in [-0.25, -0.2) is 0 Å². The van der Waals surface area contributed by atoms with Crippen molar-refractivity contribution >= 4 is 11.6 Å². The van der Waals surface area contributed by atoms with Crippen LogP contribution in [0, 0.1) is 5.92 Å². The monoisotopic (exact) mass is 284 g/mol. The predicted octanol–water partition coefficient (Wildman–Crippen LogP) is 3.39. The van der Waals surface area contributed by atoms with Gasteiger partial charge in [0, 0.05) is 17.0 Å². The molecule has 21 heavy (non-hydrogen) atoms. The summed E-state index contributed by atoms with van der Waals surface area (Å²) in [6, 6.07) is 18.2. The molecule has 110 valence electrons. The second-order valence-electron chi connectivity index (χ2n) is 4.74. The lowest BCUT2D eigenvalue weighted by molar-refractivity contribution is 0.0877. The molecule has 2 rings (SSSR count). The molecule has 0 saturated heterocycles. The largest absolute Gasteiger partial charge is 0.396 e. The van der Waals surface area contributed by atoms with Crippen LogP contribution in [0.1, 0.15) is 34.6 Å². The van der Waals surface area contributed by atoms with E-state index in [1.165, 1.54) is 0 Å². The van der Waals surface area contributed by atoms with Crippen molar-refractivity contribution in [1.82, 2.24) is 0 Å². The third kappa shape index (κ3) is 5.71. The number of aliphatic hydroxyl groups is 1. The topological polar surface area (TPSA) is 54.4 Å². The Morgan fingerprint density at radius 1 is 0.905 bits per heavy atom. The first kappa shape index (κ1) is 16.8. The molecule has 0 radical (unpaired) electrons. The first-order chi connectivity index (χ1) is 10.1. The zero-order valence-corrected chi connectivity index (χ0v) is 12.3. The molecular formula is C18H20O3. The minimum absolute atomic E-state index is 0.00176. The van der Waals surface area contributed by atoms with Gasteiger partial charge >= 0.3 is 0 Å². The van der Waals surface area contributed by atoms with Gasteiger partial charge in [-0.2, -0.15) is 0 Å². The molecule has 3 nitrogen and oxygen atoms in total. The normalized spacial score (nSPS) is 11.0. The van der Waals surface area contributed by atoms with Crippen LogP contribution in [0.2, 0.25) is 0 Å². The molecule has 0 bridgehead atoms. The van der Waals surface area contributed by atoms with Crippen LogP contribution in [-0.2, 0) is 0 Å². The molecular weight excluding hydrogens is 264 g/mol. The van der Waals surface area contributed by atoms with E-state index in [2.05, 4.69) is 0 Å². The number of benzene rings is 2. The average molecular weight is 284 g/mol. The van der Waals surface area contributed by atoms with E-state index in [-0.39, 0.29) is 24.1 Å². The number of hydrogen-bond acceptors (Lipinski definition) is 3. The van der Waals surface area contributed by atoms with Gasteiger partial charge in [-0.05, 0) is 6.92 Å². The van der Waals surface area contributed by atoms with E-state index < -0.39 is 0 Å². The summed E-state index contributed by atoms with van der Waals surface area (Å²) < 4.78 is 0. The first-order valence-corrected chi connectivity index (χ1v) is 6.82. The summed E-state index contributed by atoms with van der Waals surface area (Å²) >= 11 is 0. The zero-order valence-electron chi connectivity index (χ0n) is 12.3. The Balaban J connectivity index is 0.000000219. The Hall–Kier alpha value is -2.26. The van der Waals surface area contributed by atoms with E-state index in [0.717, 1.165) is 5.56 Å². The second-order valence-corrected chi connectivity index (χ2v) is 4.74. The molecule has 0 heterocycles. The highest BCUT2D eigenvalue weighted by Gasteiger charge is 2.12. The predicted molar refractivity (Wildman–Crippen MR) is 83.5 cm³/mol. The van der Waals surface area contributed by atoms with Crippen molar-refractivity contribution in [1.29, 1.82) is 0 Å². The van der Waals surface area contributed by atoms with Crippen LogP contribution in [0.15, 0.2) is 60.7 Å². The minimum Gasteiger partial charge on any atom is -0.396 e. The Morgan fingerprint density at radius 3 is 1.67 bits per heavy atom. The SMILES string of the molecule is CC(=O)c1ccccc1.CC(CO)C(=O)c1ccccc1. The Bertz CT molecular complexity index is 562. The quantitative estimate of drug-likeness (QED) is 0.876. The molecule has 1 N–H and O–H groups in total. The molecule has 0 aromatic heterocycles. The fourth-order valence-electron chi connectivity index (χ4n) is 1.64. The van der Waals surface area contributed by atoms with Crippen LogP contribution >= 0.6 is 0 Å². The van der Waals surface area contributed by atoms with Gasteiger partial charge in [0.15, 0.2) is 11.6 Å². The summed E-state index contributed by atoms with van der Waals surface area (Å²) in [6.07, 6.45) is 0. The van der Waals surface area contributed by atoms with Crippen molar-refractivity contribution < 1.29 is 14.7 Å². The highest BCUT2D eigenvalue weighted by atomic mass is 16.3. The number of carbonyl (C=O) groups is 2. The highest BCUT2D eigenvalue weighted by molar-refractivity contribution is 5.97. The smallest absolute Gasteiger partial charge is 0.167 e. The van der Waals surface area contributed by atoms with Gasteiger partial charge in [0.1, 0.15) is 0 Å². The molecule has 0 saturated carbocycles. The second kappa shape index (κ2) is 8.82. The van der Waals surface area contributed by atoms with Crippen LogP contribution in [0.5, 0.6) is 0 Å². The third-order valence-electron chi connectivity index (χ3n) is 2.96. The van der Waals surface area contributed by atoms with Gasteiger partial charge in [0.05, 0.1) is 6.61 Å². The maximum absolute atomic E-state index is 11.4. The van der Waals surface area contributed by atoms with Gasteiger partial charge in [0.2, 0.25) is 0 Å². The van der Waals surface area contributed by atoms with Gasteiger partial charge < -0.3 is 5.11 Å². The van der Waals surface area contributed by atoms with Crippen molar-refractivity contribution in [2.24, 2.45) is 5.92 Å². The van der Waals surface area contributed by atoms with Gasteiger partial charge in [0.25, 0.3) is 0 Å². The maximum atomic E-state index is 11.4. The number of Topliss-reactive ketones (excluding diaryl/α,β-unsaturated/α-hetero) is 2. The molecule has 2 aromatic carbocycles. The van der Waals surface area contributed by atoms with E-state index in [4.69, 9.17) is 5.11 Å². The number of rotatable bonds is 4. The van der Waals surface area contributed by atoms with Crippen LogP contribution < -0.4 is 0 Å². The number of hydrogen-bond donors (Lipinski definition) is 1. The van der Waals surface area contributed by atoms with E-state index in [1.807, 2.05) is 48.5 Å². The van der Waals surface area contributed by atoms with E-state index >= 15 is 0 Å². The molecule has 1 atom stereocenters. The summed E-state index contributed by atoms with van der Waals surface area (Å²) in [5, 5.41) is 8.75. The lowest BCUT2D eigenvalue weighted by atomic mass is 10.0. The van der Waals surface area contributed by atoms with Crippen LogP contribution in [0.25, 0.3) is 0 Å². The molecule has 0 amide bonds. The van der Waals surface area contributed by atoms with Crippen molar-refractivity contribution in [3.05, 3.63) is 71.8 Å². The minimum atomic E-state index is -0.299. The first-order valence-electron chi connectivity index (χ1n) is 6.82. The van der Waals surface area contributed by atoms with E-state index in [9.17, 15) is 9.59 Å². The van der Waals surface area contributed by atoms with Gasteiger partial charge in [-0.15, -0.1) is 0 Å². The molecule has 3 heteroatoms. The molecule has 0 fully saturated rings. The fraction of sp³-hybridized carbons (Fsp3) is 0.222. The van der Waals surface area contributed by atoms with Crippen molar-refractivity contribution in [2.45, 2.75) is 13.8 Å². The van der Waals surface area contributed by atoms with E-state index in [0.29, 0.717) is 5.56 Å². The molecule has 0 aliphatic carbocycles. The highest BCUT2D eigenvalue weighted by Crippen LogP contribution is 2.07. The third-order valence-corrected chi connectivity index (χ3v) is 2.96. The number of aliphatic hydroxyl groups excluding tert-OH is 1. The van der Waals surface area contributed by atoms with Crippen molar-refractivity contribution in [3.63, 3.8) is 0 Å². The lowest BCUT2D eigenvalue weighted by Gasteiger charge is -2.05. The van der Waals surface area contributed by atoms with Crippen molar-refractivity contribution in [3.8, 4) is 0 Å². The Morgan fingerprint density at radius 2 is 1.33 bits per heavy atom. The van der Waals surface area contributed by atoms with Crippen LogP contribution in [0.3, 0.4) is 0 Å². The lowest BCUT2D eigenvalue weighted by Crippen LogP contribution is -2.14. The maximum Gasteiger partial charge on any atom is 0.167 e. The summed E-state index contributed by atoms with van der Waals surface area (Å²) in [4.78, 5) is 22.1. The van der Waals surface area contributed by atoms with Crippen LogP contribution in [-0.4, -0.2) is 23.3 Å². The summed E-state index contributed by atoms with van der Waals surface area (Å²) in [5.41, 5.74) is 1.44.